The third kappa shape index (κ3) is 4.01. The Morgan fingerprint density at radius 1 is 1.53 bits per heavy atom. The molecule has 0 aliphatic rings. The highest BCUT2D eigenvalue weighted by Gasteiger charge is 2.12. The molecule has 3 N–H and O–H groups in total. The molecule has 0 saturated carbocycles. The molecule has 0 aliphatic carbocycles. The van der Waals surface area contributed by atoms with Crippen LogP contribution in [-0.4, -0.2) is 11.5 Å². The van der Waals surface area contributed by atoms with Gasteiger partial charge in [-0.3, -0.25) is 16.0 Å². The van der Waals surface area contributed by atoms with Gasteiger partial charge >= 0.3 is 0 Å². The van der Waals surface area contributed by atoms with Crippen molar-refractivity contribution in [2.24, 2.45) is 5.84 Å². The topological polar surface area (TPSA) is 90.4 Å². The van der Waals surface area contributed by atoms with E-state index in [1.54, 1.807) is 12.1 Å². The monoisotopic (exact) mass is 239 g/mol. The molecule has 1 rings (SSSR count). The van der Waals surface area contributed by atoms with Gasteiger partial charge in [0.25, 0.3) is 5.69 Å². The number of benzene rings is 1. The zero-order valence-electron chi connectivity index (χ0n) is 9.81. The molecule has 1 aromatic rings. The third-order valence-corrected chi connectivity index (χ3v) is 2.32. The van der Waals surface area contributed by atoms with Gasteiger partial charge in [0, 0.05) is 12.7 Å². The Morgan fingerprint density at radius 2 is 2.29 bits per heavy atom. The molecule has 0 saturated heterocycles. The highest BCUT2D eigenvalue weighted by atomic mass is 16.6. The first-order chi connectivity index (χ1) is 8.19. The van der Waals surface area contributed by atoms with Crippen molar-refractivity contribution in [1.29, 1.82) is 0 Å². The lowest BCUT2D eigenvalue weighted by atomic mass is 10.2. The van der Waals surface area contributed by atoms with Crippen molar-refractivity contribution in [1.82, 2.24) is 0 Å². The number of anilines is 1. The summed E-state index contributed by atoms with van der Waals surface area (Å²) in [5.74, 6) is 5.24. The lowest BCUT2D eigenvalue weighted by Gasteiger charge is -2.06. The second-order valence-electron chi connectivity index (χ2n) is 3.66. The Balaban J connectivity index is 2.66. The second-order valence-corrected chi connectivity index (χ2v) is 3.66. The van der Waals surface area contributed by atoms with Crippen LogP contribution in [0.15, 0.2) is 18.2 Å². The number of nitrogen functional groups attached to an aromatic ring is 1. The maximum Gasteiger partial charge on any atom is 0.293 e. The van der Waals surface area contributed by atoms with E-state index in [0.29, 0.717) is 18.9 Å². The predicted molar refractivity (Wildman–Crippen MR) is 65.5 cm³/mol. The smallest absolute Gasteiger partial charge is 0.293 e. The first-order valence-electron chi connectivity index (χ1n) is 5.50. The third-order valence-electron chi connectivity index (χ3n) is 2.32. The van der Waals surface area contributed by atoms with E-state index in [0.717, 1.165) is 18.4 Å². The van der Waals surface area contributed by atoms with Crippen molar-refractivity contribution in [3.8, 4) is 0 Å². The molecule has 0 bridgehead atoms. The molecule has 0 spiro atoms. The van der Waals surface area contributed by atoms with Crippen LogP contribution < -0.4 is 11.3 Å². The first kappa shape index (κ1) is 13.4. The molecular weight excluding hydrogens is 222 g/mol. The maximum atomic E-state index is 10.7. The van der Waals surface area contributed by atoms with Crippen molar-refractivity contribution >= 4 is 11.4 Å². The van der Waals surface area contributed by atoms with Gasteiger partial charge in [-0.05, 0) is 24.1 Å². The van der Waals surface area contributed by atoms with Crippen LogP contribution in [0, 0.1) is 10.1 Å². The zero-order valence-corrected chi connectivity index (χ0v) is 9.81. The Bertz CT molecular complexity index is 382. The summed E-state index contributed by atoms with van der Waals surface area (Å²) in [7, 11) is 0. The number of nitrogens with two attached hydrogens (primary N) is 1. The number of nitro groups is 1. The molecule has 17 heavy (non-hydrogen) atoms. The van der Waals surface area contributed by atoms with Gasteiger partial charge in [0.15, 0.2) is 0 Å². The molecular formula is C11H17N3O3. The Kier molecular flexibility index (Phi) is 5.38. The lowest BCUT2D eigenvalue weighted by Crippen LogP contribution is -2.09. The lowest BCUT2D eigenvalue weighted by molar-refractivity contribution is -0.384. The molecule has 0 fully saturated rings. The summed E-state index contributed by atoms with van der Waals surface area (Å²) in [6, 6.07) is 4.72. The van der Waals surface area contributed by atoms with Crippen molar-refractivity contribution in [2.45, 2.75) is 26.4 Å². The Morgan fingerprint density at radius 3 is 2.88 bits per heavy atom. The van der Waals surface area contributed by atoms with Crippen LogP contribution in [0.2, 0.25) is 0 Å². The fraction of sp³-hybridized carbons (Fsp3) is 0.455. The van der Waals surface area contributed by atoms with Gasteiger partial charge < -0.3 is 10.2 Å². The molecule has 0 heterocycles. The largest absolute Gasteiger partial charge is 0.377 e. The minimum absolute atomic E-state index is 0.0372. The summed E-state index contributed by atoms with van der Waals surface area (Å²) in [6.45, 7) is 3.22. The number of hydrogen-bond acceptors (Lipinski definition) is 5. The molecule has 0 atom stereocenters. The van der Waals surface area contributed by atoms with Crippen LogP contribution >= 0.6 is 0 Å². The Hall–Kier alpha value is -1.66. The standard InChI is InChI=1S/C11H17N3O3/c1-2-3-6-17-8-9-4-5-11(14(15)16)10(7-9)13-12/h4-5,7,13H,2-3,6,8,12H2,1H3. The van der Waals surface area contributed by atoms with Crippen LogP contribution in [-0.2, 0) is 11.3 Å². The molecule has 0 unspecified atom stereocenters. The number of unbranched alkanes of at least 4 members (excludes halogenated alkanes) is 1. The first-order valence-corrected chi connectivity index (χ1v) is 5.50. The zero-order chi connectivity index (χ0) is 12.7. The minimum Gasteiger partial charge on any atom is -0.377 e. The summed E-state index contributed by atoms with van der Waals surface area (Å²) >= 11 is 0. The van der Waals surface area contributed by atoms with E-state index < -0.39 is 4.92 Å². The number of ether oxygens (including phenoxy) is 1. The molecule has 6 nitrogen and oxygen atoms in total. The molecule has 94 valence electrons. The van der Waals surface area contributed by atoms with Crippen molar-refractivity contribution in [3.63, 3.8) is 0 Å². The van der Waals surface area contributed by atoms with Gasteiger partial charge in [-0.25, -0.2) is 0 Å². The van der Waals surface area contributed by atoms with E-state index in [-0.39, 0.29) is 5.69 Å². The summed E-state index contributed by atoms with van der Waals surface area (Å²) < 4.78 is 5.42. The normalized spacial score (nSPS) is 10.2. The molecule has 0 aromatic heterocycles. The van der Waals surface area contributed by atoms with E-state index in [1.165, 1.54) is 6.07 Å². The van der Waals surface area contributed by atoms with Gasteiger partial charge in [-0.15, -0.1) is 0 Å². The van der Waals surface area contributed by atoms with Gasteiger partial charge in [0.2, 0.25) is 0 Å². The SMILES string of the molecule is CCCCOCc1ccc([N+](=O)[O-])c(NN)c1. The van der Waals surface area contributed by atoms with Gasteiger partial charge in [-0.2, -0.15) is 0 Å². The molecule has 0 radical (unpaired) electrons. The number of hydrogen-bond donors (Lipinski definition) is 2. The summed E-state index contributed by atoms with van der Waals surface area (Å²) in [6.07, 6.45) is 2.09. The van der Waals surface area contributed by atoms with Gasteiger partial charge in [0.05, 0.1) is 11.5 Å². The summed E-state index contributed by atoms with van der Waals surface area (Å²) in [5.41, 5.74) is 3.44. The van der Waals surface area contributed by atoms with E-state index >= 15 is 0 Å². The van der Waals surface area contributed by atoms with Crippen LogP contribution in [0.1, 0.15) is 25.3 Å². The highest BCUT2D eigenvalue weighted by molar-refractivity contribution is 5.61. The quantitative estimate of drug-likeness (QED) is 0.329. The van der Waals surface area contributed by atoms with Crippen molar-refractivity contribution in [3.05, 3.63) is 33.9 Å². The molecule has 0 aliphatic heterocycles. The number of nitrogens with one attached hydrogen (secondary N) is 1. The van der Waals surface area contributed by atoms with Crippen LogP contribution in [0.4, 0.5) is 11.4 Å². The van der Waals surface area contributed by atoms with Crippen molar-refractivity contribution < 1.29 is 9.66 Å². The van der Waals surface area contributed by atoms with Gasteiger partial charge in [-0.1, -0.05) is 13.3 Å². The Labute approximate surface area is 99.9 Å². The fourth-order valence-corrected chi connectivity index (χ4v) is 1.38. The van der Waals surface area contributed by atoms with Crippen LogP contribution in [0.25, 0.3) is 0 Å². The molecule has 6 heteroatoms. The summed E-state index contributed by atoms with van der Waals surface area (Å²) in [5, 5.41) is 10.7. The number of nitro benzene ring substituents is 1. The van der Waals surface area contributed by atoms with E-state index in [4.69, 9.17) is 10.6 Å². The number of nitrogens with zero attached hydrogens (tertiary/aromatic N) is 1. The molecule has 1 aromatic carbocycles. The van der Waals surface area contributed by atoms with E-state index in [9.17, 15) is 10.1 Å². The van der Waals surface area contributed by atoms with E-state index in [1.807, 2.05) is 0 Å². The summed E-state index contributed by atoms with van der Waals surface area (Å²) in [4.78, 5) is 10.2. The van der Waals surface area contributed by atoms with Crippen LogP contribution in [0.3, 0.4) is 0 Å². The number of rotatable bonds is 7. The highest BCUT2D eigenvalue weighted by Crippen LogP contribution is 2.24. The van der Waals surface area contributed by atoms with E-state index in [2.05, 4.69) is 12.3 Å². The van der Waals surface area contributed by atoms with Crippen molar-refractivity contribution in [2.75, 3.05) is 12.0 Å². The fourth-order valence-electron chi connectivity index (χ4n) is 1.38. The average molecular weight is 239 g/mol. The number of hydrazine groups is 1. The second kappa shape index (κ2) is 6.82. The maximum absolute atomic E-state index is 10.7. The minimum atomic E-state index is -0.475. The van der Waals surface area contributed by atoms with Gasteiger partial charge in [0.1, 0.15) is 5.69 Å². The predicted octanol–water partition coefficient (Wildman–Crippen LogP) is 2.20. The van der Waals surface area contributed by atoms with Crippen LogP contribution in [0.5, 0.6) is 0 Å². The molecule has 0 amide bonds. The average Bonchev–Trinajstić information content (AvgIpc) is 2.34.